The highest BCUT2D eigenvalue weighted by molar-refractivity contribution is 6.42. The lowest BCUT2D eigenvalue weighted by Gasteiger charge is -2.24. The molecule has 0 aliphatic carbocycles. The molecular weight excluding hydrogens is 590 g/mol. The number of halogens is 3. The summed E-state index contributed by atoms with van der Waals surface area (Å²) >= 11 is 11.9. The van der Waals surface area contributed by atoms with E-state index in [9.17, 15) is 14.0 Å². The number of carbonyl (C=O) groups excluding carboxylic acids is 2. The number of rotatable bonds is 4. The Morgan fingerprint density at radius 1 is 0.857 bits per heavy atom. The Morgan fingerprint density at radius 2 is 1.55 bits per heavy atom. The highest BCUT2D eigenvalue weighted by Gasteiger charge is 2.24. The van der Waals surface area contributed by atoms with Crippen LogP contribution in [0, 0.1) is 5.82 Å². The van der Waals surface area contributed by atoms with Crippen molar-refractivity contribution in [2.24, 2.45) is 0 Å². The Kier molecular flexibility index (Phi) is 11.9. The van der Waals surface area contributed by atoms with Crippen LogP contribution in [0.2, 0.25) is 10.0 Å². The number of cyclic esters (lactones) is 1. The first-order valence-electron chi connectivity index (χ1n) is 14.1. The quantitative estimate of drug-likeness (QED) is 0.323. The Labute approximate surface area is 255 Å². The summed E-state index contributed by atoms with van der Waals surface area (Å²) in [6.45, 7) is 5.72. The summed E-state index contributed by atoms with van der Waals surface area (Å²) in [4.78, 5) is 30.6. The van der Waals surface area contributed by atoms with Crippen LogP contribution in [0.1, 0.15) is 52.8 Å². The highest BCUT2D eigenvalue weighted by Crippen LogP contribution is 2.39. The Balaban J connectivity index is 1.53. The van der Waals surface area contributed by atoms with Gasteiger partial charge in [-0.15, -0.1) is 0 Å². The average Bonchev–Trinajstić information content (AvgIpc) is 3.21. The molecule has 0 saturated carbocycles. The first-order valence-corrected chi connectivity index (χ1v) is 14.9. The molecule has 0 aromatic heterocycles. The molecule has 2 aliphatic heterocycles. The van der Waals surface area contributed by atoms with Crippen molar-refractivity contribution in [3.8, 4) is 17.2 Å². The van der Waals surface area contributed by atoms with Crippen molar-refractivity contribution in [3.63, 3.8) is 0 Å². The van der Waals surface area contributed by atoms with E-state index in [0.717, 1.165) is 51.8 Å². The normalized spacial score (nSPS) is 22.4. The number of benzene rings is 2. The fourth-order valence-electron chi connectivity index (χ4n) is 5.14. The highest BCUT2D eigenvalue weighted by atomic mass is 35.5. The largest absolute Gasteiger partial charge is 0.493 e. The first kappa shape index (κ1) is 32.1. The minimum atomic E-state index is -0.796. The average molecular weight is 628 g/mol. The maximum absolute atomic E-state index is 14.5. The lowest BCUT2D eigenvalue weighted by atomic mass is 10.1. The topological polar surface area (TPSA) is 86.8 Å². The second kappa shape index (κ2) is 15.6. The molecule has 12 heteroatoms. The number of hydrogen-bond acceptors (Lipinski definition) is 9. The zero-order valence-electron chi connectivity index (χ0n) is 24.0. The van der Waals surface area contributed by atoms with E-state index in [1.165, 1.54) is 20.3 Å². The van der Waals surface area contributed by atoms with Crippen molar-refractivity contribution in [3.05, 3.63) is 51.3 Å². The maximum Gasteiger partial charge on any atom is 0.341 e. The van der Waals surface area contributed by atoms with Crippen LogP contribution in [0.15, 0.2) is 24.3 Å². The molecule has 1 fully saturated rings. The van der Waals surface area contributed by atoms with Gasteiger partial charge in [0.2, 0.25) is 5.75 Å². The van der Waals surface area contributed by atoms with Gasteiger partial charge in [-0.05, 0) is 69.5 Å². The maximum atomic E-state index is 14.5. The molecule has 0 N–H and O–H groups in total. The molecule has 2 aromatic carbocycles. The molecule has 9 nitrogen and oxygen atoms in total. The summed E-state index contributed by atoms with van der Waals surface area (Å²) in [6, 6.07) is 5.34. The third-order valence-corrected chi connectivity index (χ3v) is 8.13. The molecule has 2 aromatic rings. The molecule has 0 radical (unpaired) electrons. The van der Waals surface area contributed by atoms with Crippen LogP contribution < -0.4 is 14.2 Å². The summed E-state index contributed by atoms with van der Waals surface area (Å²) in [7, 11) is 2.97. The number of hydrogen-bond donors (Lipinski definition) is 0. The van der Waals surface area contributed by atoms with Crippen molar-refractivity contribution < 1.29 is 37.7 Å². The van der Waals surface area contributed by atoms with Crippen molar-refractivity contribution in [1.29, 1.82) is 0 Å². The van der Waals surface area contributed by atoms with Gasteiger partial charge >= 0.3 is 11.9 Å². The molecule has 0 amide bonds. The van der Waals surface area contributed by atoms with Gasteiger partial charge in [0.15, 0.2) is 11.5 Å². The molecule has 2 aliphatic rings. The molecule has 3 atom stereocenters. The smallest absolute Gasteiger partial charge is 0.341 e. The van der Waals surface area contributed by atoms with Crippen LogP contribution in [0.25, 0.3) is 0 Å². The van der Waals surface area contributed by atoms with Gasteiger partial charge in [0.25, 0.3) is 0 Å². The van der Waals surface area contributed by atoms with Gasteiger partial charge in [-0.2, -0.15) is 0 Å². The fourth-order valence-corrected chi connectivity index (χ4v) is 5.45. The van der Waals surface area contributed by atoms with Gasteiger partial charge in [-0.1, -0.05) is 23.2 Å². The van der Waals surface area contributed by atoms with Crippen molar-refractivity contribution in [2.45, 2.75) is 38.2 Å². The standard InChI is InChI=1S/C30H37Cl2FN2O7/c1-38-26-16-20-17-27(28(26)39-2)40-14-3-6-21(42-30(37)22-18-23(31)24(32)19-25(22)33)7-11-35-9-4-8-34(12-13-35)10-5-15-41-29(20)36/h16-19,21H,3-15H2,1-2H3. The summed E-state index contributed by atoms with van der Waals surface area (Å²) in [5.74, 6) is -1.03. The minimum Gasteiger partial charge on any atom is -0.493 e. The van der Waals surface area contributed by atoms with E-state index in [0.29, 0.717) is 55.1 Å². The summed E-state index contributed by atoms with van der Waals surface area (Å²) < 4.78 is 42.8. The van der Waals surface area contributed by atoms with Gasteiger partial charge in [-0.25, -0.2) is 14.0 Å². The van der Waals surface area contributed by atoms with Gasteiger partial charge < -0.3 is 33.5 Å². The fraction of sp³-hybridized carbons (Fsp3) is 0.533. The lowest BCUT2D eigenvalue weighted by molar-refractivity contribution is 0.0216. The zero-order valence-corrected chi connectivity index (χ0v) is 25.5. The molecule has 0 spiro atoms. The number of methoxy groups -OCH3 is 2. The SMILES string of the molecule is COc1cc2cc(c1OC)OCCCC(OC(=O)c1cc(Cl)c(Cl)cc1F)CCN1CCCN(CCCOC2=O)CC1. The van der Waals surface area contributed by atoms with Crippen molar-refractivity contribution >= 4 is 35.1 Å². The number of carbonyl (C=O) groups is 2. The van der Waals surface area contributed by atoms with E-state index >= 15 is 0 Å². The summed E-state index contributed by atoms with van der Waals surface area (Å²) in [6.07, 6.45) is 2.77. The zero-order chi connectivity index (χ0) is 30.1. The van der Waals surface area contributed by atoms with E-state index in [1.54, 1.807) is 12.1 Å². The molecular formula is C30H37Cl2FN2O7. The van der Waals surface area contributed by atoms with E-state index in [2.05, 4.69) is 9.80 Å². The molecule has 4 bridgehead atoms. The molecule has 1 saturated heterocycles. The molecule has 3 unspecified atom stereocenters. The predicted octanol–water partition coefficient (Wildman–Crippen LogP) is 5.49. The number of ether oxygens (including phenoxy) is 5. The van der Waals surface area contributed by atoms with Crippen LogP contribution in [0.3, 0.4) is 0 Å². The van der Waals surface area contributed by atoms with Gasteiger partial charge in [0, 0.05) is 26.2 Å². The summed E-state index contributed by atoms with van der Waals surface area (Å²) in [5, 5.41) is 0.0953. The van der Waals surface area contributed by atoms with Crippen LogP contribution in [-0.2, 0) is 9.47 Å². The molecule has 2 heterocycles. The van der Waals surface area contributed by atoms with Crippen molar-refractivity contribution in [2.75, 3.05) is 66.7 Å². The molecule has 4 rings (SSSR count). The molecule has 42 heavy (non-hydrogen) atoms. The second-order valence-corrected chi connectivity index (χ2v) is 11.1. The van der Waals surface area contributed by atoms with E-state index in [-0.39, 0.29) is 22.2 Å². The predicted molar refractivity (Wildman–Crippen MR) is 157 cm³/mol. The van der Waals surface area contributed by atoms with Gasteiger partial charge in [-0.3, -0.25) is 0 Å². The minimum absolute atomic E-state index is 0.0226. The van der Waals surface area contributed by atoms with Crippen LogP contribution in [0.4, 0.5) is 4.39 Å². The summed E-state index contributed by atoms with van der Waals surface area (Å²) in [5.41, 5.74) is 0.0311. The van der Waals surface area contributed by atoms with Crippen LogP contribution >= 0.6 is 23.2 Å². The third kappa shape index (κ3) is 8.63. The third-order valence-electron chi connectivity index (χ3n) is 7.41. The van der Waals surface area contributed by atoms with E-state index in [1.807, 2.05) is 0 Å². The Bertz CT molecular complexity index is 1250. The van der Waals surface area contributed by atoms with Crippen LogP contribution in [-0.4, -0.2) is 94.5 Å². The second-order valence-electron chi connectivity index (χ2n) is 10.3. The van der Waals surface area contributed by atoms with Gasteiger partial charge in [0.05, 0.1) is 48.6 Å². The van der Waals surface area contributed by atoms with Crippen molar-refractivity contribution in [1.82, 2.24) is 9.80 Å². The monoisotopic (exact) mass is 626 g/mol. The van der Waals surface area contributed by atoms with Gasteiger partial charge in [0.1, 0.15) is 11.9 Å². The van der Waals surface area contributed by atoms with E-state index in [4.69, 9.17) is 46.9 Å². The number of esters is 2. The number of fused-ring (bicyclic) bond motifs is 5. The molecule has 230 valence electrons. The first-order chi connectivity index (χ1) is 20.3. The number of nitrogens with zero attached hydrogens (tertiary/aromatic N) is 2. The van der Waals surface area contributed by atoms with Crippen LogP contribution in [0.5, 0.6) is 17.2 Å². The lowest BCUT2D eigenvalue weighted by Crippen LogP contribution is -2.34. The Morgan fingerprint density at radius 3 is 2.29 bits per heavy atom. The Hall–Kier alpha value is -2.79. The van der Waals surface area contributed by atoms with E-state index < -0.39 is 23.9 Å².